The molecule has 1 atom stereocenters. The van der Waals surface area contributed by atoms with Crippen molar-refractivity contribution in [3.8, 4) is 5.75 Å². The average Bonchev–Trinajstić information content (AvgIpc) is 3.22. The van der Waals surface area contributed by atoms with Gasteiger partial charge in [0.25, 0.3) is 0 Å². The fourth-order valence-corrected chi connectivity index (χ4v) is 3.85. The summed E-state index contributed by atoms with van der Waals surface area (Å²) < 4.78 is 5.83. The molecule has 0 aromatic heterocycles. The largest absolute Gasteiger partial charge is 0.489 e. The van der Waals surface area contributed by atoms with Gasteiger partial charge in [0, 0.05) is 23.7 Å². The number of aryl methyl sites for hydroxylation is 2. The zero-order chi connectivity index (χ0) is 24.1. The molecule has 4 rings (SSSR count). The molecule has 1 N–H and O–H groups in total. The van der Waals surface area contributed by atoms with E-state index in [0.717, 1.165) is 22.4 Å². The zero-order valence-electron chi connectivity index (χ0n) is 19.1. The monoisotopic (exact) mass is 475 g/mol. The molecular weight excluding hydrogens is 450 g/mol. The highest BCUT2D eigenvalue weighted by Gasteiger charge is 2.35. The molecule has 7 heteroatoms. The molecule has 1 aliphatic rings. The minimum atomic E-state index is -0.444. The lowest BCUT2D eigenvalue weighted by Gasteiger charge is -2.17. The van der Waals surface area contributed by atoms with Crippen molar-refractivity contribution >= 4 is 35.3 Å². The van der Waals surface area contributed by atoms with Crippen LogP contribution in [0.5, 0.6) is 5.75 Å². The van der Waals surface area contributed by atoms with Crippen LogP contribution in [0.2, 0.25) is 5.02 Å². The number of ether oxygens (including phenoxy) is 1. The van der Waals surface area contributed by atoms with Gasteiger partial charge in [-0.1, -0.05) is 41.9 Å². The second-order valence-electron chi connectivity index (χ2n) is 8.40. The van der Waals surface area contributed by atoms with Gasteiger partial charge in [-0.05, 0) is 72.5 Å². The van der Waals surface area contributed by atoms with Crippen LogP contribution in [-0.2, 0) is 16.2 Å². The van der Waals surface area contributed by atoms with Crippen molar-refractivity contribution in [1.29, 1.82) is 0 Å². The van der Waals surface area contributed by atoms with E-state index >= 15 is 0 Å². The van der Waals surface area contributed by atoms with Gasteiger partial charge < -0.3 is 9.64 Å². The molecular formula is C27H26ClN3O3. The van der Waals surface area contributed by atoms with Gasteiger partial charge in [-0.2, -0.15) is 5.10 Å². The molecule has 0 spiro atoms. The van der Waals surface area contributed by atoms with Crippen molar-refractivity contribution in [3.63, 3.8) is 0 Å². The lowest BCUT2D eigenvalue weighted by atomic mass is 10.1. The number of nitrogens with zero attached hydrogens (tertiary/aromatic N) is 2. The minimum absolute atomic E-state index is 0.0575. The van der Waals surface area contributed by atoms with E-state index in [1.165, 1.54) is 5.56 Å². The smallest absolute Gasteiger partial charge is 0.245 e. The van der Waals surface area contributed by atoms with Gasteiger partial charge in [0.15, 0.2) is 0 Å². The van der Waals surface area contributed by atoms with Crippen molar-refractivity contribution in [3.05, 3.63) is 94.0 Å². The molecule has 1 aliphatic heterocycles. The van der Waals surface area contributed by atoms with Gasteiger partial charge >= 0.3 is 0 Å². The summed E-state index contributed by atoms with van der Waals surface area (Å²) in [5.41, 5.74) is 7.46. The standard InChI is InChI=1S/C27H26ClN3O3/c1-18-6-11-24(12-19(18)2)31-16-22(14-26(31)32)27(33)30-29-15-21-4-3-5-25(13-21)34-17-20-7-9-23(28)10-8-20/h3-13,15,22H,14,16-17H2,1-2H3,(H,30,33)/b29-15-/t22-/m1/s1. The Bertz CT molecular complexity index is 1220. The van der Waals surface area contributed by atoms with Crippen LogP contribution < -0.4 is 15.1 Å². The van der Waals surface area contributed by atoms with Crippen LogP contribution in [0, 0.1) is 19.8 Å². The maximum atomic E-state index is 12.6. The van der Waals surface area contributed by atoms with Crippen molar-refractivity contribution in [2.45, 2.75) is 26.9 Å². The molecule has 0 radical (unpaired) electrons. The topological polar surface area (TPSA) is 71.0 Å². The van der Waals surface area contributed by atoms with Gasteiger partial charge in [0.1, 0.15) is 12.4 Å². The molecule has 3 aromatic rings. The van der Waals surface area contributed by atoms with Crippen molar-refractivity contribution in [1.82, 2.24) is 5.43 Å². The first kappa shape index (κ1) is 23.5. The van der Waals surface area contributed by atoms with Crippen LogP contribution in [0.25, 0.3) is 0 Å². The molecule has 3 aromatic carbocycles. The molecule has 1 heterocycles. The third-order valence-electron chi connectivity index (χ3n) is 5.86. The maximum absolute atomic E-state index is 12.6. The first-order valence-electron chi connectivity index (χ1n) is 11.1. The Morgan fingerprint density at radius 2 is 1.91 bits per heavy atom. The molecule has 0 bridgehead atoms. The Balaban J connectivity index is 1.31. The third-order valence-corrected chi connectivity index (χ3v) is 6.12. The highest BCUT2D eigenvalue weighted by molar-refractivity contribution is 6.30. The van der Waals surface area contributed by atoms with E-state index in [-0.39, 0.29) is 18.2 Å². The van der Waals surface area contributed by atoms with Gasteiger partial charge in [-0.3, -0.25) is 9.59 Å². The van der Waals surface area contributed by atoms with Gasteiger partial charge in [0.05, 0.1) is 12.1 Å². The molecule has 6 nitrogen and oxygen atoms in total. The van der Waals surface area contributed by atoms with Crippen LogP contribution in [-0.4, -0.2) is 24.6 Å². The lowest BCUT2D eigenvalue weighted by Crippen LogP contribution is -2.30. The number of hydrogen-bond donors (Lipinski definition) is 1. The van der Waals surface area contributed by atoms with Gasteiger partial charge in [0.2, 0.25) is 11.8 Å². The van der Waals surface area contributed by atoms with Crippen molar-refractivity contribution in [2.24, 2.45) is 11.0 Å². The Labute approximate surface area is 204 Å². The maximum Gasteiger partial charge on any atom is 0.245 e. The van der Waals surface area contributed by atoms with E-state index in [2.05, 4.69) is 10.5 Å². The number of benzene rings is 3. The Morgan fingerprint density at radius 1 is 1.12 bits per heavy atom. The number of halogens is 1. The van der Waals surface area contributed by atoms with Gasteiger partial charge in [-0.15, -0.1) is 0 Å². The Kier molecular flexibility index (Phi) is 7.28. The van der Waals surface area contributed by atoms with Crippen LogP contribution in [0.3, 0.4) is 0 Å². The molecule has 1 saturated heterocycles. The molecule has 0 saturated carbocycles. The Hall–Kier alpha value is -3.64. The molecule has 0 aliphatic carbocycles. The van der Waals surface area contributed by atoms with Gasteiger partial charge in [-0.25, -0.2) is 5.43 Å². The van der Waals surface area contributed by atoms with E-state index in [9.17, 15) is 9.59 Å². The summed E-state index contributed by atoms with van der Waals surface area (Å²) in [5.74, 6) is -0.0834. The number of nitrogens with one attached hydrogen (secondary N) is 1. The van der Waals surface area contributed by atoms with Crippen molar-refractivity contribution in [2.75, 3.05) is 11.4 Å². The fraction of sp³-hybridized carbons (Fsp3) is 0.222. The van der Waals surface area contributed by atoms with E-state index in [4.69, 9.17) is 16.3 Å². The number of anilines is 1. The first-order valence-corrected chi connectivity index (χ1v) is 11.4. The lowest BCUT2D eigenvalue weighted by molar-refractivity contribution is -0.126. The van der Waals surface area contributed by atoms with Crippen LogP contribution in [0.4, 0.5) is 5.69 Å². The number of carbonyl (C=O) groups is 2. The third kappa shape index (κ3) is 5.83. The van der Waals surface area contributed by atoms with E-state index in [1.54, 1.807) is 11.1 Å². The number of hydrogen-bond acceptors (Lipinski definition) is 4. The Morgan fingerprint density at radius 3 is 2.68 bits per heavy atom. The van der Waals surface area contributed by atoms with E-state index in [0.29, 0.717) is 23.9 Å². The molecule has 174 valence electrons. The second kappa shape index (κ2) is 10.5. The molecule has 1 fully saturated rings. The molecule has 0 unspecified atom stereocenters. The summed E-state index contributed by atoms with van der Waals surface area (Å²) >= 11 is 5.91. The number of rotatable bonds is 7. The summed E-state index contributed by atoms with van der Waals surface area (Å²) in [6, 6.07) is 20.8. The molecule has 34 heavy (non-hydrogen) atoms. The van der Waals surface area contributed by atoms with Crippen LogP contribution >= 0.6 is 11.6 Å². The minimum Gasteiger partial charge on any atom is -0.489 e. The van der Waals surface area contributed by atoms with E-state index in [1.807, 2.05) is 80.6 Å². The summed E-state index contributed by atoms with van der Waals surface area (Å²) in [6.07, 6.45) is 1.73. The fourth-order valence-electron chi connectivity index (χ4n) is 3.72. The summed E-state index contributed by atoms with van der Waals surface area (Å²) in [6.45, 7) is 4.80. The predicted molar refractivity (Wildman–Crippen MR) is 134 cm³/mol. The van der Waals surface area contributed by atoms with Crippen molar-refractivity contribution < 1.29 is 14.3 Å². The van der Waals surface area contributed by atoms with E-state index < -0.39 is 5.92 Å². The predicted octanol–water partition coefficient (Wildman–Crippen LogP) is 5.04. The SMILES string of the molecule is Cc1ccc(N2C[C@H](C(=O)N/N=C\c3cccc(OCc4ccc(Cl)cc4)c3)CC2=O)cc1C. The average molecular weight is 476 g/mol. The molecule has 2 amide bonds. The second-order valence-corrected chi connectivity index (χ2v) is 8.83. The van der Waals surface area contributed by atoms with Crippen LogP contribution in [0.1, 0.15) is 28.7 Å². The highest BCUT2D eigenvalue weighted by Crippen LogP contribution is 2.27. The number of hydrazone groups is 1. The summed E-state index contributed by atoms with van der Waals surface area (Å²) in [4.78, 5) is 26.7. The summed E-state index contributed by atoms with van der Waals surface area (Å²) in [5, 5.41) is 4.76. The number of amides is 2. The summed E-state index contributed by atoms with van der Waals surface area (Å²) in [7, 11) is 0. The highest BCUT2D eigenvalue weighted by atomic mass is 35.5. The van der Waals surface area contributed by atoms with Crippen LogP contribution in [0.15, 0.2) is 71.8 Å². The first-order chi connectivity index (χ1) is 16.4. The zero-order valence-corrected chi connectivity index (χ0v) is 19.9. The normalized spacial score (nSPS) is 15.7. The number of carbonyl (C=O) groups excluding carboxylic acids is 2. The quantitative estimate of drug-likeness (QED) is 0.384.